The number of amides is 1. The van der Waals surface area contributed by atoms with Gasteiger partial charge < -0.3 is 10.1 Å². The number of aromatic nitrogens is 2. The number of nitrogens with zero attached hydrogens (tertiary/aromatic N) is 2. The number of hydrogen-bond acceptors (Lipinski definition) is 7. The molecule has 0 bridgehead atoms. The Morgan fingerprint density at radius 2 is 1.89 bits per heavy atom. The normalized spacial score (nSPS) is 11.9. The van der Waals surface area contributed by atoms with E-state index >= 15 is 0 Å². The molecule has 0 aliphatic heterocycles. The van der Waals surface area contributed by atoms with E-state index in [1.165, 1.54) is 17.3 Å². The molecule has 35 heavy (non-hydrogen) atoms. The zero-order valence-corrected chi connectivity index (χ0v) is 21.5. The molecule has 0 spiro atoms. The summed E-state index contributed by atoms with van der Waals surface area (Å²) in [5.41, 5.74) is 4.43. The van der Waals surface area contributed by atoms with E-state index in [0.29, 0.717) is 24.3 Å². The molecule has 1 N–H and O–H groups in total. The summed E-state index contributed by atoms with van der Waals surface area (Å²) < 4.78 is 5.06. The van der Waals surface area contributed by atoms with Gasteiger partial charge in [-0.1, -0.05) is 55.9 Å². The monoisotopic (exact) mass is 505 g/mol. The largest absolute Gasteiger partial charge is 0.462 e. The first-order valence-electron chi connectivity index (χ1n) is 11.6. The quantitative estimate of drug-likeness (QED) is 0.157. The Labute approximate surface area is 213 Å². The highest BCUT2D eigenvalue weighted by Gasteiger charge is 2.22. The van der Waals surface area contributed by atoms with Crippen molar-refractivity contribution in [3.05, 3.63) is 71.4 Å². The lowest BCUT2D eigenvalue weighted by molar-refractivity contribution is -0.115. The predicted octanol–water partition coefficient (Wildman–Crippen LogP) is 6.61. The third-order valence-corrected chi connectivity index (χ3v) is 7.82. The fourth-order valence-corrected chi connectivity index (χ4v) is 5.70. The summed E-state index contributed by atoms with van der Waals surface area (Å²) in [5.74, 6) is -0.556. The fourth-order valence-electron chi connectivity index (χ4n) is 3.69. The molecule has 2 aromatic heterocycles. The average Bonchev–Trinajstić information content (AvgIpc) is 3.32. The molecular weight excluding hydrogens is 478 g/mol. The van der Waals surface area contributed by atoms with Gasteiger partial charge in [-0.15, -0.1) is 11.3 Å². The maximum absolute atomic E-state index is 13.2. The van der Waals surface area contributed by atoms with Gasteiger partial charge in [0.15, 0.2) is 0 Å². The van der Waals surface area contributed by atoms with Gasteiger partial charge in [-0.3, -0.25) is 4.79 Å². The summed E-state index contributed by atoms with van der Waals surface area (Å²) in [6.45, 7) is 6.17. The van der Waals surface area contributed by atoms with Gasteiger partial charge in [-0.2, -0.15) is 0 Å². The van der Waals surface area contributed by atoms with Crippen LogP contribution in [0.1, 0.15) is 43.1 Å². The lowest BCUT2D eigenvalue weighted by Crippen LogP contribution is -2.24. The molecule has 1 unspecified atom stereocenters. The van der Waals surface area contributed by atoms with Gasteiger partial charge in [-0.05, 0) is 49.1 Å². The molecular formula is C27H27N3O3S2. The Kier molecular flexibility index (Phi) is 8.15. The van der Waals surface area contributed by atoms with Crippen LogP contribution in [0.2, 0.25) is 0 Å². The van der Waals surface area contributed by atoms with Gasteiger partial charge in [0.05, 0.1) is 22.8 Å². The molecule has 6 nitrogen and oxygen atoms in total. The molecule has 8 heteroatoms. The number of hydrogen-bond donors (Lipinski definition) is 1. The minimum absolute atomic E-state index is 0.144. The number of esters is 1. The predicted molar refractivity (Wildman–Crippen MR) is 143 cm³/mol. The number of carbonyl (C=O) groups excluding carboxylic acids is 2. The molecule has 180 valence electrons. The van der Waals surface area contributed by atoms with Crippen molar-refractivity contribution in [2.45, 2.75) is 43.9 Å². The number of thiophene rings is 1. The van der Waals surface area contributed by atoms with Crippen LogP contribution in [-0.2, 0) is 16.0 Å². The molecule has 2 aromatic carbocycles. The maximum Gasteiger partial charge on any atom is 0.338 e. The Bertz CT molecular complexity index is 1340. The van der Waals surface area contributed by atoms with Crippen molar-refractivity contribution in [2.75, 3.05) is 11.9 Å². The first-order chi connectivity index (χ1) is 17.0. The fraction of sp³-hybridized carbons (Fsp3) is 0.259. The topological polar surface area (TPSA) is 81.2 Å². The van der Waals surface area contributed by atoms with Gasteiger partial charge in [-0.25, -0.2) is 14.8 Å². The van der Waals surface area contributed by atoms with Crippen molar-refractivity contribution in [2.24, 2.45) is 0 Å². The van der Waals surface area contributed by atoms with Crippen LogP contribution in [0.4, 0.5) is 5.69 Å². The molecule has 0 saturated heterocycles. The van der Waals surface area contributed by atoms with Crippen molar-refractivity contribution in [1.29, 1.82) is 0 Å². The summed E-state index contributed by atoms with van der Waals surface area (Å²) in [4.78, 5) is 35.1. The highest BCUT2D eigenvalue weighted by atomic mass is 32.2. The Balaban J connectivity index is 1.58. The van der Waals surface area contributed by atoms with Crippen LogP contribution < -0.4 is 5.32 Å². The van der Waals surface area contributed by atoms with Crippen molar-refractivity contribution in [3.8, 4) is 11.1 Å². The minimum atomic E-state index is -0.412. The lowest BCUT2D eigenvalue weighted by atomic mass is 10.0. The van der Waals surface area contributed by atoms with Crippen LogP contribution >= 0.6 is 23.1 Å². The molecule has 1 amide bonds. The van der Waals surface area contributed by atoms with E-state index in [1.807, 2.05) is 6.92 Å². The Morgan fingerprint density at radius 3 is 2.60 bits per heavy atom. The highest BCUT2D eigenvalue weighted by Crippen LogP contribution is 2.39. The summed E-state index contributed by atoms with van der Waals surface area (Å²) in [5, 5.41) is 6.44. The van der Waals surface area contributed by atoms with Crippen LogP contribution in [0.5, 0.6) is 0 Å². The molecule has 0 saturated carbocycles. The highest BCUT2D eigenvalue weighted by molar-refractivity contribution is 8.00. The number of nitrogens with one attached hydrogen (secondary N) is 1. The van der Waals surface area contributed by atoms with Gasteiger partial charge in [0, 0.05) is 16.6 Å². The number of anilines is 1. The number of fused-ring (bicyclic) bond motifs is 1. The van der Waals surface area contributed by atoms with Crippen molar-refractivity contribution < 1.29 is 14.3 Å². The number of ether oxygens (including phenoxy) is 1. The summed E-state index contributed by atoms with van der Waals surface area (Å²) >= 11 is 3.02. The second-order valence-corrected chi connectivity index (χ2v) is 9.91. The summed E-state index contributed by atoms with van der Waals surface area (Å²) in [6, 6.07) is 15.3. The number of aryl methyl sites for hydroxylation is 1. The zero-order valence-electron chi connectivity index (χ0n) is 19.9. The van der Waals surface area contributed by atoms with Crippen molar-refractivity contribution in [1.82, 2.24) is 9.97 Å². The van der Waals surface area contributed by atoms with Crippen LogP contribution in [0.25, 0.3) is 21.3 Å². The SMILES string of the molecule is CCOC(=O)c1cccc(NC(=O)C(CC)Sc2ncnc3scc(-c4ccc(CC)cc4)c23)c1. The Morgan fingerprint density at radius 1 is 1.09 bits per heavy atom. The first kappa shape index (κ1) is 24.9. The van der Waals surface area contributed by atoms with Crippen LogP contribution in [0, 0.1) is 0 Å². The third-order valence-electron chi connectivity index (χ3n) is 5.57. The van der Waals surface area contributed by atoms with Crippen LogP contribution in [0.3, 0.4) is 0 Å². The lowest BCUT2D eigenvalue weighted by Gasteiger charge is -2.15. The van der Waals surface area contributed by atoms with E-state index in [4.69, 9.17) is 4.74 Å². The van der Waals surface area contributed by atoms with E-state index in [1.54, 1.807) is 48.9 Å². The smallest absolute Gasteiger partial charge is 0.338 e. The molecule has 4 aromatic rings. The molecule has 0 aliphatic carbocycles. The molecule has 0 aliphatic rings. The molecule has 2 heterocycles. The van der Waals surface area contributed by atoms with Gasteiger partial charge in [0.1, 0.15) is 16.2 Å². The van der Waals surface area contributed by atoms with E-state index in [0.717, 1.165) is 32.8 Å². The molecule has 1 atom stereocenters. The third kappa shape index (κ3) is 5.71. The second-order valence-electron chi connectivity index (χ2n) is 7.86. The van der Waals surface area contributed by atoms with Gasteiger partial charge in [0.25, 0.3) is 0 Å². The van der Waals surface area contributed by atoms with Crippen LogP contribution in [0.15, 0.2) is 65.3 Å². The first-order valence-corrected chi connectivity index (χ1v) is 13.4. The maximum atomic E-state index is 13.2. The number of carbonyl (C=O) groups is 2. The van der Waals surface area contributed by atoms with E-state index in [-0.39, 0.29) is 11.2 Å². The summed E-state index contributed by atoms with van der Waals surface area (Å²) in [6.07, 6.45) is 3.16. The van der Waals surface area contributed by atoms with Gasteiger partial charge in [0.2, 0.25) is 5.91 Å². The molecule has 0 radical (unpaired) electrons. The number of thioether (sulfide) groups is 1. The Hall–Kier alpha value is -3.23. The minimum Gasteiger partial charge on any atom is -0.462 e. The number of benzene rings is 2. The number of rotatable bonds is 9. The van der Waals surface area contributed by atoms with E-state index in [2.05, 4.69) is 51.9 Å². The molecule has 0 fully saturated rings. The van der Waals surface area contributed by atoms with E-state index in [9.17, 15) is 9.59 Å². The van der Waals surface area contributed by atoms with E-state index < -0.39 is 5.97 Å². The van der Waals surface area contributed by atoms with Gasteiger partial charge >= 0.3 is 5.97 Å². The van der Waals surface area contributed by atoms with Crippen LogP contribution in [-0.4, -0.2) is 33.7 Å². The molecule has 4 rings (SSSR count). The van der Waals surface area contributed by atoms with Crippen molar-refractivity contribution in [3.63, 3.8) is 0 Å². The standard InChI is InChI=1S/C27H27N3O3S2/c1-4-17-10-12-18(13-11-17)21-15-34-25-23(21)26(29-16-28-25)35-22(5-2)24(31)30-20-9-7-8-19(14-20)27(32)33-6-3/h7-16,22H,4-6H2,1-3H3,(H,30,31). The second kappa shape index (κ2) is 11.5. The zero-order chi connectivity index (χ0) is 24.8. The van der Waals surface area contributed by atoms with Crippen molar-refractivity contribution >= 4 is 50.9 Å². The average molecular weight is 506 g/mol. The summed E-state index contributed by atoms with van der Waals surface area (Å²) in [7, 11) is 0.